The lowest BCUT2D eigenvalue weighted by atomic mass is 9.82. The molecule has 0 saturated carbocycles. The molecule has 2 heteroatoms. The van der Waals surface area contributed by atoms with Gasteiger partial charge in [-0.15, -0.1) is 0 Å². The first-order valence-corrected chi connectivity index (χ1v) is 17.9. The minimum Gasteiger partial charge on any atom is -0.309 e. The first-order chi connectivity index (χ1) is 25.1. The van der Waals surface area contributed by atoms with E-state index < -0.39 is 0 Å². The molecule has 0 spiro atoms. The Morgan fingerprint density at radius 3 is 1.80 bits per heavy atom. The molecule has 0 fully saturated rings. The Labute approximate surface area is 296 Å². The van der Waals surface area contributed by atoms with Crippen LogP contribution in [0.15, 0.2) is 170 Å². The van der Waals surface area contributed by atoms with E-state index in [1.807, 2.05) is 0 Å². The Morgan fingerprint density at radius 2 is 0.980 bits per heavy atom. The van der Waals surface area contributed by atoms with Crippen molar-refractivity contribution in [1.82, 2.24) is 9.13 Å². The van der Waals surface area contributed by atoms with Crippen LogP contribution in [0.1, 0.15) is 25.0 Å². The average Bonchev–Trinajstić information content (AvgIpc) is 3.76. The quantitative estimate of drug-likeness (QED) is 0.180. The normalized spacial score (nSPS) is 13.5. The number of benzene rings is 8. The number of nitrogens with zero attached hydrogens (tertiary/aromatic N) is 2. The maximum absolute atomic E-state index is 2.46. The molecular weight excluding hydrogens is 617 g/mol. The summed E-state index contributed by atoms with van der Waals surface area (Å²) in [6.45, 7) is 4.73. The van der Waals surface area contributed by atoms with E-state index >= 15 is 0 Å². The fraction of sp³-hybridized carbons (Fsp3) is 0.0612. The fourth-order valence-corrected chi connectivity index (χ4v) is 9.06. The minimum atomic E-state index is -0.0656. The molecule has 240 valence electrons. The van der Waals surface area contributed by atoms with Gasteiger partial charge in [0.25, 0.3) is 0 Å². The first kappa shape index (κ1) is 28.5. The van der Waals surface area contributed by atoms with Crippen LogP contribution in [0.2, 0.25) is 0 Å². The maximum atomic E-state index is 2.46. The molecule has 0 saturated heterocycles. The summed E-state index contributed by atoms with van der Waals surface area (Å²) in [5.41, 5.74) is 15.2. The topological polar surface area (TPSA) is 9.86 Å². The molecule has 0 radical (unpaired) electrons. The van der Waals surface area contributed by atoms with Crippen molar-refractivity contribution in [1.29, 1.82) is 0 Å². The van der Waals surface area contributed by atoms with Crippen molar-refractivity contribution in [3.05, 3.63) is 181 Å². The van der Waals surface area contributed by atoms with Gasteiger partial charge in [0.2, 0.25) is 0 Å². The molecule has 2 aromatic heterocycles. The van der Waals surface area contributed by atoms with E-state index in [0.29, 0.717) is 0 Å². The highest BCUT2D eigenvalue weighted by molar-refractivity contribution is 6.14. The standard InChI is InChI=1S/C49H34N2/c1-49(2)42-20-10-8-18-36(42)38-29-41-40-28-33(23-25-46(40)50(48(41)30-43(38)49)34-15-4-3-5-16-34)32-24-26-47-39(27-32)37-19-9-11-21-45(37)51(47)44-22-12-14-31-13-6-7-17-35(31)44/h3-30H,1-2H3. The molecule has 8 aromatic carbocycles. The second-order valence-corrected chi connectivity index (χ2v) is 14.6. The number of rotatable bonds is 3. The largest absolute Gasteiger partial charge is 0.309 e. The lowest BCUT2D eigenvalue weighted by Gasteiger charge is -2.21. The van der Waals surface area contributed by atoms with Crippen LogP contribution in [0.3, 0.4) is 0 Å². The van der Waals surface area contributed by atoms with Gasteiger partial charge < -0.3 is 9.13 Å². The average molecular weight is 651 g/mol. The highest BCUT2D eigenvalue weighted by atomic mass is 15.0. The van der Waals surface area contributed by atoms with Crippen LogP contribution in [-0.2, 0) is 5.41 Å². The maximum Gasteiger partial charge on any atom is 0.0544 e. The molecule has 10 aromatic rings. The Bertz CT molecular complexity index is 3040. The smallest absolute Gasteiger partial charge is 0.0544 e. The number of hydrogen-bond acceptors (Lipinski definition) is 0. The molecule has 0 unspecified atom stereocenters. The lowest BCUT2D eigenvalue weighted by molar-refractivity contribution is 0.661. The number of aromatic nitrogens is 2. The summed E-state index contributed by atoms with van der Waals surface area (Å²) in [6, 6.07) is 62.9. The highest BCUT2D eigenvalue weighted by Gasteiger charge is 2.36. The van der Waals surface area contributed by atoms with Crippen molar-refractivity contribution in [3.8, 4) is 33.6 Å². The molecule has 0 aliphatic heterocycles. The van der Waals surface area contributed by atoms with E-state index in [9.17, 15) is 0 Å². The molecule has 2 heterocycles. The molecule has 1 aliphatic carbocycles. The summed E-state index contributed by atoms with van der Waals surface area (Å²) in [6.07, 6.45) is 0. The molecule has 0 N–H and O–H groups in total. The summed E-state index contributed by atoms with van der Waals surface area (Å²) < 4.78 is 4.89. The van der Waals surface area contributed by atoms with Crippen LogP contribution in [-0.4, -0.2) is 9.13 Å². The van der Waals surface area contributed by atoms with Crippen LogP contribution in [0.4, 0.5) is 0 Å². The molecule has 51 heavy (non-hydrogen) atoms. The zero-order chi connectivity index (χ0) is 33.8. The molecule has 2 nitrogen and oxygen atoms in total. The van der Waals surface area contributed by atoms with Gasteiger partial charge in [-0.05, 0) is 99.4 Å². The second-order valence-electron chi connectivity index (χ2n) is 14.6. The van der Waals surface area contributed by atoms with E-state index in [1.165, 1.54) is 99.1 Å². The van der Waals surface area contributed by atoms with Gasteiger partial charge in [0.1, 0.15) is 0 Å². The van der Waals surface area contributed by atoms with Crippen molar-refractivity contribution in [2.75, 3.05) is 0 Å². The minimum absolute atomic E-state index is 0.0656. The van der Waals surface area contributed by atoms with E-state index in [4.69, 9.17) is 0 Å². The van der Waals surface area contributed by atoms with Gasteiger partial charge in [-0.3, -0.25) is 0 Å². The monoisotopic (exact) mass is 650 g/mol. The van der Waals surface area contributed by atoms with E-state index in [1.54, 1.807) is 0 Å². The highest BCUT2D eigenvalue weighted by Crippen LogP contribution is 2.51. The Hall–Kier alpha value is -6.38. The summed E-state index contributed by atoms with van der Waals surface area (Å²) in [4.78, 5) is 0. The number of hydrogen-bond donors (Lipinski definition) is 0. The third kappa shape index (κ3) is 3.93. The van der Waals surface area contributed by atoms with Crippen LogP contribution in [0, 0.1) is 0 Å². The van der Waals surface area contributed by atoms with Gasteiger partial charge in [0.05, 0.1) is 27.8 Å². The first-order valence-electron chi connectivity index (χ1n) is 17.9. The summed E-state index contributed by atoms with van der Waals surface area (Å²) >= 11 is 0. The lowest BCUT2D eigenvalue weighted by Crippen LogP contribution is -2.14. The van der Waals surface area contributed by atoms with Gasteiger partial charge in [-0.1, -0.05) is 123 Å². The summed E-state index contributed by atoms with van der Waals surface area (Å²) in [5.74, 6) is 0. The Balaban J connectivity index is 1.16. The zero-order valence-corrected chi connectivity index (χ0v) is 28.6. The van der Waals surface area contributed by atoms with Crippen LogP contribution in [0.25, 0.3) is 88.0 Å². The van der Waals surface area contributed by atoms with Crippen molar-refractivity contribution in [2.45, 2.75) is 19.3 Å². The van der Waals surface area contributed by atoms with Crippen LogP contribution < -0.4 is 0 Å². The van der Waals surface area contributed by atoms with Crippen LogP contribution in [0.5, 0.6) is 0 Å². The zero-order valence-electron chi connectivity index (χ0n) is 28.6. The number of fused-ring (bicyclic) bond motifs is 10. The SMILES string of the molecule is CC1(C)c2ccccc2-c2cc3c4cc(-c5ccc6c(c5)c5ccccc5n6-c5cccc6ccccc56)ccc4n(-c4ccccc4)c3cc21. The molecule has 1 aliphatic rings. The van der Waals surface area contributed by atoms with E-state index in [0.717, 1.165) is 0 Å². The third-order valence-corrected chi connectivity index (χ3v) is 11.5. The van der Waals surface area contributed by atoms with Crippen molar-refractivity contribution in [3.63, 3.8) is 0 Å². The molecule has 11 rings (SSSR count). The van der Waals surface area contributed by atoms with Crippen molar-refractivity contribution in [2.24, 2.45) is 0 Å². The van der Waals surface area contributed by atoms with Crippen LogP contribution >= 0.6 is 0 Å². The second kappa shape index (κ2) is 10.3. The van der Waals surface area contributed by atoms with Gasteiger partial charge in [-0.25, -0.2) is 0 Å². The predicted molar refractivity (Wildman–Crippen MR) is 216 cm³/mol. The van der Waals surface area contributed by atoms with Gasteiger partial charge in [-0.2, -0.15) is 0 Å². The van der Waals surface area contributed by atoms with Crippen molar-refractivity contribution < 1.29 is 0 Å². The van der Waals surface area contributed by atoms with Crippen molar-refractivity contribution >= 4 is 54.4 Å². The molecule has 0 amide bonds. The third-order valence-electron chi connectivity index (χ3n) is 11.5. The molecule has 0 bridgehead atoms. The Kier molecular flexibility index (Phi) is 5.76. The Morgan fingerprint density at radius 1 is 0.373 bits per heavy atom. The van der Waals surface area contributed by atoms with E-state index in [-0.39, 0.29) is 5.41 Å². The van der Waals surface area contributed by atoms with E-state index in [2.05, 4.69) is 193 Å². The molecular formula is C49H34N2. The van der Waals surface area contributed by atoms with Gasteiger partial charge in [0, 0.05) is 38.0 Å². The van der Waals surface area contributed by atoms with Gasteiger partial charge in [0.15, 0.2) is 0 Å². The molecule has 0 atom stereocenters. The fourth-order valence-electron chi connectivity index (χ4n) is 9.06. The summed E-state index contributed by atoms with van der Waals surface area (Å²) in [5, 5.41) is 7.59. The summed E-state index contributed by atoms with van der Waals surface area (Å²) in [7, 11) is 0. The number of para-hydroxylation sites is 2. The predicted octanol–water partition coefficient (Wildman–Crippen LogP) is 13.0. The van der Waals surface area contributed by atoms with Gasteiger partial charge >= 0.3 is 0 Å².